The van der Waals surface area contributed by atoms with Crippen molar-refractivity contribution >= 4 is 17.5 Å². The summed E-state index contributed by atoms with van der Waals surface area (Å²) in [6.07, 6.45) is 1.01. The normalized spacial score (nSPS) is 18.9. The van der Waals surface area contributed by atoms with E-state index in [4.69, 9.17) is 0 Å². The van der Waals surface area contributed by atoms with Gasteiger partial charge in [-0.05, 0) is 31.4 Å². The van der Waals surface area contributed by atoms with Gasteiger partial charge in [-0.15, -0.1) is 0 Å². The van der Waals surface area contributed by atoms with Gasteiger partial charge in [-0.2, -0.15) is 0 Å². The summed E-state index contributed by atoms with van der Waals surface area (Å²) in [5.41, 5.74) is 2.91. The summed E-state index contributed by atoms with van der Waals surface area (Å²) in [4.78, 5) is 23.0. The van der Waals surface area contributed by atoms with Crippen LogP contribution in [-0.2, 0) is 9.59 Å². The summed E-state index contributed by atoms with van der Waals surface area (Å²) in [5.74, 6) is -0.181. The van der Waals surface area contributed by atoms with Crippen molar-refractivity contribution < 1.29 is 9.59 Å². The Kier molecular flexibility index (Phi) is 3.13. The van der Waals surface area contributed by atoms with Crippen LogP contribution in [0.4, 0.5) is 5.69 Å². The maximum absolute atomic E-state index is 11.9. The van der Waals surface area contributed by atoms with Crippen molar-refractivity contribution in [2.24, 2.45) is 0 Å². The molecule has 0 aromatic heterocycles. The summed E-state index contributed by atoms with van der Waals surface area (Å²) in [5, 5.41) is 5.55. The monoisotopic (exact) mass is 232 g/mol. The summed E-state index contributed by atoms with van der Waals surface area (Å²) in [6, 6.07) is 5.48. The van der Waals surface area contributed by atoms with Crippen molar-refractivity contribution in [2.75, 3.05) is 5.32 Å². The zero-order chi connectivity index (χ0) is 12.4. The highest BCUT2D eigenvalue weighted by Crippen LogP contribution is 2.20. The Labute approximate surface area is 100 Å². The fourth-order valence-corrected chi connectivity index (χ4v) is 2.03. The van der Waals surface area contributed by atoms with Crippen LogP contribution in [-0.4, -0.2) is 17.9 Å². The van der Waals surface area contributed by atoms with E-state index in [0.717, 1.165) is 16.8 Å². The quantitative estimate of drug-likeness (QED) is 0.812. The van der Waals surface area contributed by atoms with Crippen molar-refractivity contribution in [2.45, 2.75) is 32.7 Å². The number of anilines is 1. The minimum absolute atomic E-state index is 0.0494. The van der Waals surface area contributed by atoms with Crippen LogP contribution in [0.25, 0.3) is 0 Å². The first-order valence-electron chi connectivity index (χ1n) is 5.74. The van der Waals surface area contributed by atoms with Crippen molar-refractivity contribution in [1.29, 1.82) is 0 Å². The number of benzene rings is 1. The molecule has 4 heteroatoms. The number of nitrogens with one attached hydrogen (secondary N) is 2. The molecule has 1 aromatic carbocycles. The van der Waals surface area contributed by atoms with Gasteiger partial charge in [0.25, 0.3) is 0 Å². The third-order valence-corrected chi connectivity index (χ3v) is 3.04. The molecule has 17 heavy (non-hydrogen) atoms. The van der Waals surface area contributed by atoms with Crippen LogP contribution in [0.15, 0.2) is 18.2 Å². The second-order valence-electron chi connectivity index (χ2n) is 4.41. The van der Waals surface area contributed by atoms with Gasteiger partial charge in [0.05, 0.1) is 0 Å². The van der Waals surface area contributed by atoms with E-state index in [-0.39, 0.29) is 17.9 Å². The zero-order valence-electron chi connectivity index (χ0n) is 10.0. The molecule has 0 radical (unpaired) electrons. The highest BCUT2D eigenvalue weighted by atomic mass is 16.2. The van der Waals surface area contributed by atoms with Crippen molar-refractivity contribution in [3.63, 3.8) is 0 Å². The van der Waals surface area contributed by atoms with Crippen molar-refractivity contribution in [3.8, 4) is 0 Å². The number of aryl methyl sites for hydroxylation is 2. The molecule has 90 valence electrons. The smallest absolute Gasteiger partial charge is 0.246 e. The number of carbonyl (C=O) groups excluding carboxylic acids is 2. The van der Waals surface area contributed by atoms with Gasteiger partial charge >= 0.3 is 0 Å². The van der Waals surface area contributed by atoms with Crippen LogP contribution >= 0.6 is 0 Å². The fourth-order valence-electron chi connectivity index (χ4n) is 2.03. The molecule has 2 amide bonds. The Morgan fingerprint density at radius 1 is 1.35 bits per heavy atom. The van der Waals surface area contributed by atoms with Gasteiger partial charge in [0.1, 0.15) is 6.04 Å². The molecule has 0 spiro atoms. The van der Waals surface area contributed by atoms with Gasteiger partial charge in [-0.25, -0.2) is 0 Å². The van der Waals surface area contributed by atoms with Gasteiger partial charge in [-0.1, -0.05) is 18.2 Å². The van der Waals surface area contributed by atoms with E-state index in [2.05, 4.69) is 10.6 Å². The van der Waals surface area contributed by atoms with E-state index in [0.29, 0.717) is 12.8 Å². The van der Waals surface area contributed by atoms with Crippen LogP contribution in [0.2, 0.25) is 0 Å². The van der Waals surface area contributed by atoms with Crippen LogP contribution in [0.3, 0.4) is 0 Å². The lowest BCUT2D eigenvalue weighted by molar-refractivity contribution is -0.122. The number of hydrogen-bond acceptors (Lipinski definition) is 2. The Morgan fingerprint density at radius 3 is 2.53 bits per heavy atom. The fraction of sp³-hybridized carbons (Fsp3) is 0.385. The van der Waals surface area contributed by atoms with Gasteiger partial charge in [0.15, 0.2) is 0 Å². The molecular weight excluding hydrogens is 216 g/mol. The minimum atomic E-state index is -0.387. The maximum atomic E-state index is 11.9. The van der Waals surface area contributed by atoms with Gasteiger partial charge in [0, 0.05) is 12.1 Å². The van der Waals surface area contributed by atoms with Crippen LogP contribution in [0.1, 0.15) is 24.0 Å². The van der Waals surface area contributed by atoms with E-state index < -0.39 is 0 Å². The first-order valence-corrected chi connectivity index (χ1v) is 5.74. The summed E-state index contributed by atoms with van der Waals surface area (Å²) >= 11 is 0. The molecular formula is C13H16N2O2. The largest absolute Gasteiger partial charge is 0.344 e. The predicted octanol–water partition coefficient (Wildman–Crippen LogP) is 1.52. The van der Waals surface area contributed by atoms with E-state index >= 15 is 0 Å². The van der Waals surface area contributed by atoms with Crippen LogP contribution in [0, 0.1) is 13.8 Å². The molecule has 1 aromatic rings. The van der Waals surface area contributed by atoms with E-state index in [1.807, 2.05) is 32.0 Å². The average Bonchev–Trinajstić information content (AvgIpc) is 2.70. The molecule has 1 atom stereocenters. The highest BCUT2D eigenvalue weighted by molar-refractivity contribution is 5.99. The lowest BCUT2D eigenvalue weighted by atomic mass is 10.1. The molecule has 4 nitrogen and oxygen atoms in total. The molecule has 1 aliphatic heterocycles. The molecule has 0 saturated carbocycles. The van der Waals surface area contributed by atoms with Gasteiger partial charge in [0.2, 0.25) is 11.8 Å². The SMILES string of the molecule is Cc1cccc(C)c1NC(=O)C1CCC(=O)N1. The van der Waals surface area contributed by atoms with Crippen molar-refractivity contribution in [3.05, 3.63) is 29.3 Å². The third-order valence-electron chi connectivity index (χ3n) is 3.04. The van der Waals surface area contributed by atoms with Crippen LogP contribution in [0.5, 0.6) is 0 Å². The van der Waals surface area contributed by atoms with E-state index in [1.165, 1.54) is 0 Å². The number of carbonyl (C=O) groups is 2. The topological polar surface area (TPSA) is 58.2 Å². The highest BCUT2D eigenvalue weighted by Gasteiger charge is 2.27. The lowest BCUT2D eigenvalue weighted by Crippen LogP contribution is -2.37. The van der Waals surface area contributed by atoms with Gasteiger partial charge < -0.3 is 10.6 Å². The Bertz CT molecular complexity index is 448. The van der Waals surface area contributed by atoms with Gasteiger partial charge in [-0.3, -0.25) is 9.59 Å². The Hall–Kier alpha value is -1.84. The summed E-state index contributed by atoms with van der Waals surface area (Å²) < 4.78 is 0. The molecule has 1 heterocycles. The molecule has 1 unspecified atom stereocenters. The molecule has 0 aliphatic carbocycles. The Balaban J connectivity index is 2.11. The first kappa shape index (κ1) is 11.6. The summed E-state index contributed by atoms with van der Waals surface area (Å²) in [7, 11) is 0. The zero-order valence-corrected chi connectivity index (χ0v) is 10.0. The van der Waals surface area contributed by atoms with E-state index in [9.17, 15) is 9.59 Å². The standard InChI is InChI=1S/C13H16N2O2/c1-8-4-3-5-9(2)12(8)15-13(17)10-6-7-11(16)14-10/h3-5,10H,6-7H2,1-2H3,(H,14,16)(H,15,17). The van der Waals surface area contributed by atoms with Crippen LogP contribution < -0.4 is 10.6 Å². The molecule has 0 bridgehead atoms. The maximum Gasteiger partial charge on any atom is 0.246 e. The second kappa shape index (κ2) is 4.57. The number of hydrogen-bond donors (Lipinski definition) is 2. The molecule has 1 saturated heterocycles. The third kappa shape index (κ3) is 2.46. The predicted molar refractivity (Wildman–Crippen MR) is 65.7 cm³/mol. The molecule has 1 fully saturated rings. The second-order valence-corrected chi connectivity index (χ2v) is 4.41. The molecule has 1 aliphatic rings. The summed E-state index contributed by atoms with van der Waals surface area (Å²) in [6.45, 7) is 3.91. The number of rotatable bonds is 2. The Morgan fingerprint density at radius 2 is 2.00 bits per heavy atom. The average molecular weight is 232 g/mol. The number of para-hydroxylation sites is 1. The lowest BCUT2D eigenvalue weighted by Gasteiger charge is -2.14. The number of amides is 2. The van der Waals surface area contributed by atoms with E-state index in [1.54, 1.807) is 0 Å². The minimum Gasteiger partial charge on any atom is -0.344 e. The molecule has 2 rings (SSSR count). The first-order chi connectivity index (χ1) is 8.08. The van der Waals surface area contributed by atoms with Crippen molar-refractivity contribution in [1.82, 2.24) is 5.32 Å². The molecule has 2 N–H and O–H groups in total.